The van der Waals surface area contributed by atoms with Crippen molar-refractivity contribution in [2.24, 2.45) is 0 Å². The van der Waals surface area contributed by atoms with Gasteiger partial charge in [0.25, 0.3) is 0 Å². The highest BCUT2D eigenvalue weighted by atomic mass is 35.5. The average Bonchev–Trinajstić information content (AvgIpc) is 3.23. The summed E-state index contributed by atoms with van der Waals surface area (Å²) < 4.78 is 7.16. The third kappa shape index (κ3) is 5.12. The molecule has 0 radical (unpaired) electrons. The van der Waals surface area contributed by atoms with Crippen LogP contribution in [0.3, 0.4) is 0 Å². The lowest BCUT2D eigenvalue weighted by molar-refractivity contribution is -0.113. The standard InChI is InChI=1S/C24H21ClN4O2S/c1-16-6-12-20(13-7-16)29-23(17-8-10-18(25)11-9-17)27-28-24(29)32-15-22(30)26-19-4-3-5-21(14-19)31-2/h3-14H,15H2,1-2H3,(H,26,30). The van der Waals surface area contributed by atoms with Gasteiger partial charge in [-0.05, 0) is 55.5 Å². The Morgan fingerprint density at radius 3 is 2.53 bits per heavy atom. The minimum atomic E-state index is -0.144. The van der Waals surface area contributed by atoms with E-state index in [-0.39, 0.29) is 11.7 Å². The van der Waals surface area contributed by atoms with Crippen molar-refractivity contribution < 1.29 is 9.53 Å². The van der Waals surface area contributed by atoms with Crippen LogP contribution in [0, 0.1) is 6.92 Å². The number of nitrogens with zero attached hydrogens (tertiary/aromatic N) is 3. The van der Waals surface area contributed by atoms with Gasteiger partial charge in [0.05, 0.1) is 12.9 Å². The van der Waals surface area contributed by atoms with E-state index in [1.807, 2.05) is 78.2 Å². The summed E-state index contributed by atoms with van der Waals surface area (Å²) >= 11 is 7.37. The van der Waals surface area contributed by atoms with Crippen molar-refractivity contribution in [2.75, 3.05) is 18.2 Å². The first kappa shape index (κ1) is 21.9. The molecular weight excluding hydrogens is 444 g/mol. The maximum absolute atomic E-state index is 12.5. The predicted octanol–water partition coefficient (Wildman–Crippen LogP) is 5.64. The lowest BCUT2D eigenvalue weighted by Crippen LogP contribution is -2.14. The topological polar surface area (TPSA) is 69.0 Å². The second-order valence-electron chi connectivity index (χ2n) is 7.05. The largest absolute Gasteiger partial charge is 0.497 e. The first-order valence-electron chi connectivity index (χ1n) is 9.88. The summed E-state index contributed by atoms with van der Waals surface area (Å²) in [7, 11) is 1.59. The van der Waals surface area contributed by atoms with E-state index in [1.165, 1.54) is 11.8 Å². The van der Waals surface area contributed by atoms with Crippen LogP contribution in [0.2, 0.25) is 5.02 Å². The fourth-order valence-electron chi connectivity index (χ4n) is 3.10. The smallest absolute Gasteiger partial charge is 0.234 e. The monoisotopic (exact) mass is 464 g/mol. The predicted molar refractivity (Wildman–Crippen MR) is 129 cm³/mol. The Labute approximate surface area is 195 Å². The molecule has 4 aromatic rings. The van der Waals surface area contributed by atoms with Gasteiger partial charge in [-0.25, -0.2) is 0 Å². The van der Waals surface area contributed by atoms with Gasteiger partial charge in [0.15, 0.2) is 11.0 Å². The highest BCUT2D eigenvalue weighted by molar-refractivity contribution is 7.99. The summed E-state index contributed by atoms with van der Waals surface area (Å²) in [5.41, 5.74) is 3.63. The van der Waals surface area contributed by atoms with Gasteiger partial charge in [0.1, 0.15) is 5.75 Å². The number of anilines is 1. The molecule has 162 valence electrons. The summed E-state index contributed by atoms with van der Waals surface area (Å²) in [4.78, 5) is 12.5. The zero-order valence-electron chi connectivity index (χ0n) is 17.6. The molecule has 1 amide bonds. The van der Waals surface area contributed by atoms with Crippen LogP contribution in [0.25, 0.3) is 17.1 Å². The first-order valence-corrected chi connectivity index (χ1v) is 11.2. The second kappa shape index (κ2) is 9.89. The van der Waals surface area contributed by atoms with Gasteiger partial charge in [0, 0.05) is 28.0 Å². The molecule has 1 heterocycles. The third-order valence-corrected chi connectivity index (χ3v) is 5.89. The lowest BCUT2D eigenvalue weighted by atomic mass is 10.2. The second-order valence-corrected chi connectivity index (χ2v) is 8.43. The van der Waals surface area contributed by atoms with Crippen LogP contribution < -0.4 is 10.1 Å². The van der Waals surface area contributed by atoms with E-state index < -0.39 is 0 Å². The molecule has 1 aromatic heterocycles. The summed E-state index contributed by atoms with van der Waals surface area (Å²) in [6.45, 7) is 2.04. The minimum Gasteiger partial charge on any atom is -0.497 e. The van der Waals surface area contributed by atoms with Crippen molar-refractivity contribution >= 4 is 35.0 Å². The van der Waals surface area contributed by atoms with Gasteiger partial charge >= 0.3 is 0 Å². The molecule has 0 aliphatic carbocycles. The number of aryl methyl sites for hydroxylation is 1. The Balaban J connectivity index is 1.58. The van der Waals surface area contributed by atoms with Crippen LogP contribution in [0.15, 0.2) is 78.0 Å². The molecule has 0 atom stereocenters. The Morgan fingerprint density at radius 1 is 1.06 bits per heavy atom. The quantitative estimate of drug-likeness (QED) is 0.359. The number of benzene rings is 3. The molecule has 0 spiro atoms. The fraction of sp³-hybridized carbons (Fsp3) is 0.125. The van der Waals surface area contributed by atoms with E-state index in [1.54, 1.807) is 13.2 Å². The van der Waals surface area contributed by atoms with Gasteiger partial charge in [-0.3, -0.25) is 9.36 Å². The van der Waals surface area contributed by atoms with Crippen molar-refractivity contribution in [3.8, 4) is 22.8 Å². The van der Waals surface area contributed by atoms with Gasteiger partial charge < -0.3 is 10.1 Å². The van der Waals surface area contributed by atoms with Crippen LogP contribution in [-0.2, 0) is 4.79 Å². The SMILES string of the molecule is COc1cccc(NC(=O)CSc2nnc(-c3ccc(Cl)cc3)n2-c2ccc(C)cc2)c1. The van der Waals surface area contributed by atoms with Crippen molar-refractivity contribution in [2.45, 2.75) is 12.1 Å². The van der Waals surface area contributed by atoms with Crippen LogP contribution in [-0.4, -0.2) is 33.5 Å². The van der Waals surface area contributed by atoms with E-state index in [9.17, 15) is 4.79 Å². The number of ether oxygens (including phenoxy) is 1. The molecule has 0 aliphatic heterocycles. The van der Waals surface area contributed by atoms with Crippen LogP contribution >= 0.6 is 23.4 Å². The first-order chi connectivity index (χ1) is 15.5. The maximum atomic E-state index is 12.5. The fourth-order valence-corrected chi connectivity index (χ4v) is 3.98. The molecule has 6 nitrogen and oxygen atoms in total. The number of nitrogens with one attached hydrogen (secondary N) is 1. The highest BCUT2D eigenvalue weighted by Crippen LogP contribution is 2.29. The van der Waals surface area contributed by atoms with Gasteiger partial charge in [-0.2, -0.15) is 0 Å². The number of methoxy groups -OCH3 is 1. The normalized spacial score (nSPS) is 10.7. The summed E-state index contributed by atoms with van der Waals surface area (Å²) in [5.74, 6) is 1.40. The molecule has 0 unspecified atom stereocenters. The van der Waals surface area contributed by atoms with E-state index >= 15 is 0 Å². The Bertz CT molecular complexity index is 1220. The number of aromatic nitrogens is 3. The van der Waals surface area contributed by atoms with Crippen LogP contribution in [0.4, 0.5) is 5.69 Å². The Kier molecular flexibility index (Phi) is 6.78. The van der Waals surface area contributed by atoms with E-state index in [4.69, 9.17) is 16.3 Å². The molecule has 32 heavy (non-hydrogen) atoms. The number of hydrogen-bond acceptors (Lipinski definition) is 5. The third-order valence-electron chi connectivity index (χ3n) is 4.71. The number of hydrogen-bond donors (Lipinski definition) is 1. The number of thioether (sulfide) groups is 1. The van der Waals surface area contributed by atoms with Gasteiger partial charge in [-0.1, -0.05) is 47.1 Å². The Morgan fingerprint density at radius 2 is 1.81 bits per heavy atom. The Hall–Kier alpha value is -3.29. The van der Waals surface area contributed by atoms with Crippen molar-refractivity contribution in [1.29, 1.82) is 0 Å². The average molecular weight is 465 g/mol. The molecular formula is C24H21ClN4O2S. The van der Waals surface area contributed by atoms with Crippen molar-refractivity contribution in [1.82, 2.24) is 14.8 Å². The number of carbonyl (C=O) groups excluding carboxylic acids is 1. The highest BCUT2D eigenvalue weighted by Gasteiger charge is 2.17. The summed E-state index contributed by atoms with van der Waals surface area (Å²) in [5, 5.41) is 12.9. The molecule has 0 saturated carbocycles. The van der Waals surface area contributed by atoms with E-state index in [0.29, 0.717) is 27.4 Å². The zero-order valence-corrected chi connectivity index (χ0v) is 19.2. The van der Waals surface area contributed by atoms with Crippen molar-refractivity contribution in [3.63, 3.8) is 0 Å². The molecule has 0 bridgehead atoms. The lowest BCUT2D eigenvalue weighted by Gasteiger charge is -2.11. The zero-order chi connectivity index (χ0) is 22.5. The van der Waals surface area contributed by atoms with E-state index in [2.05, 4.69) is 15.5 Å². The summed E-state index contributed by atoms with van der Waals surface area (Å²) in [6, 6.07) is 22.8. The number of amides is 1. The van der Waals surface area contributed by atoms with Gasteiger partial charge in [-0.15, -0.1) is 10.2 Å². The molecule has 8 heteroatoms. The van der Waals surface area contributed by atoms with Crippen LogP contribution in [0.5, 0.6) is 5.75 Å². The number of halogens is 1. The van der Waals surface area contributed by atoms with Gasteiger partial charge in [0.2, 0.25) is 5.91 Å². The molecule has 1 N–H and O–H groups in total. The number of rotatable bonds is 7. The molecule has 4 rings (SSSR count). The minimum absolute atomic E-state index is 0.144. The maximum Gasteiger partial charge on any atom is 0.234 e. The summed E-state index contributed by atoms with van der Waals surface area (Å²) in [6.07, 6.45) is 0. The molecule has 0 aliphatic rings. The molecule has 0 fully saturated rings. The molecule has 3 aromatic carbocycles. The van der Waals surface area contributed by atoms with Crippen LogP contribution in [0.1, 0.15) is 5.56 Å². The molecule has 0 saturated heterocycles. The van der Waals surface area contributed by atoms with E-state index in [0.717, 1.165) is 16.8 Å². The van der Waals surface area contributed by atoms with Crippen molar-refractivity contribution in [3.05, 3.63) is 83.4 Å². The number of carbonyl (C=O) groups is 1.